The Labute approximate surface area is 111 Å². The summed E-state index contributed by atoms with van der Waals surface area (Å²) in [5, 5.41) is 11.6. The summed E-state index contributed by atoms with van der Waals surface area (Å²) in [5.74, 6) is 0. The van der Waals surface area contributed by atoms with E-state index in [-0.39, 0.29) is 6.04 Å². The van der Waals surface area contributed by atoms with Crippen molar-refractivity contribution in [1.82, 2.24) is 4.98 Å². The summed E-state index contributed by atoms with van der Waals surface area (Å²) < 4.78 is 1.20. The van der Waals surface area contributed by atoms with Gasteiger partial charge in [-0.15, -0.1) is 11.3 Å². The van der Waals surface area contributed by atoms with Crippen LogP contribution in [0.4, 0.5) is 0 Å². The normalized spacial score (nSPS) is 28.7. The number of nitrogens with two attached hydrogens (primary N) is 1. The van der Waals surface area contributed by atoms with E-state index in [0.29, 0.717) is 6.42 Å². The number of thiazole rings is 1. The van der Waals surface area contributed by atoms with Crippen molar-refractivity contribution in [3.63, 3.8) is 0 Å². The van der Waals surface area contributed by atoms with Gasteiger partial charge in [0.25, 0.3) is 0 Å². The number of para-hydroxylation sites is 1. The molecular formula is C14H18N2OS. The number of nitrogens with zero attached hydrogens (tertiary/aromatic N) is 1. The number of aliphatic hydroxyl groups is 1. The molecule has 1 aromatic heterocycles. The van der Waals surface area contributed by atoms with Crippen molar-refractivity contribution in [1.29, 1.82) is 0 Å². The van der Waals surface area contributed by atoms with Crippen LogP contribution < -0.4 is 5.73 Å². The van der Waals surface area contributed by atoms with Gasteiger partial charge in [0, 0.05) is 12.5 Å². The number of benzene rings is 1. The summed E-state index contributed by atoms with van der Waals surface area (Å²) >= 11 is 1.69. The zero-order chi connectivity index (χ0) is 12.6. The van der Waals surface area contributed by atoms with Crippen molar-refractivity contribution < 1.29 is 5.11 Å². The average Bonchev–Trinajstić information content (AvgIpc) is 2.75. The van der Waals surface area contributed by atoms with Gasteiger partial charge in [0.1, 0.15) is 0 Å². The molecule has 1 saturated carbocycles. The minimum Gasteiger partial charge on any atom is -0.389 e. The van der Waals surface area contributed by atoms with Gasteiger partial charge in [0.05, 0.1) is 20.8 Å². The largest absolute Gasteiger partial charge is 0.389 e. The van der Waals surface area contributed by atoms with Crippen molar-refractivity contribution in [3.8, 4) is 0 Å². The minimum absolute atomic E-state index is 0.264. The predicted molar refractivity (Wildman–Crippen MR) is 74.7 cm³/mol. The standard InChI is InChI=1S/C14H18N2OS/c15-10-5-7-14(17,8-6-10)9-13-16-11-3-1-2-4-12(11)18-13/h1-4,10,17H,5-9,15H2. The molecule has 0 bridgehead atoms. The summed E-state index contributed by atoms with van der Waals surface area (Å²) in [5.41, 5.74) is 6.33. The van der Waals surface area contributed by atoms with Gasteiger partial charge in [-0.05, 0) is 37.8 Å². The van der Waals surface area contributed by atoms with Crippen LogP contribution in [0, 0.1) is 0 Å². The molecule has 1 heterocycles. The van der Waals surface area contributed by atoms with Crippen molar-refractivity contribution in [2.24, 2.45) is 5.73 Å². The predicted octanol–water partition coefficient (Wildman–Crippen LogP) is 2.47. The van der Waals surface area contributed by atoms with Gasteiger partial charge in [-0.3, -0.25) is 0 Å². The lowest BCUT2D eigenvalue weighted by atomic mass is 9.80. The van der Waals surface area contributed by atoms with Crippen LogP contribution in [0.15, 0.2) is 24.3 Å². The zero-order valence-corrected chi connectivity index (χ0v) is 11.1. The zero-order valence-electron chi connectivity index (χ0n) is 10.3. The molecule has 0 radical (unpaired) electrons. The fraction of sp³-hybridized carbons (Fsp3) is 0.500. The van der Waals surface area contributed by atoms with E-state index in [0.717, 1.165) is 36.2 Å². The van der Waals surface area contributed by atoms with E-state index in [9.17, 15) is 5.11 Å². The van der Waals surface area contributed by atoms with E-state index < -0.39 is 5.60 Å². The lowest BCUT2D eigenvalue weighted by molar-refractivity contribution is 0.000221. The first kappa shape index (κ1) is 12.1. The van der Waals surface area contributed by atoms with Crippen molar-refractivity contribution in [3.05, 3.63) is 29.3 Å². The smallest absolute Gasteiger partial charge is 0.0967 e. The number of rotatable bonds is 2. The van der Waals surface area contributed by atoms with Gasteiger partial charge in [-0.2, -0.15) is 0 Å². The summed E-state index contributed by atoms with van der Waals surface area (Å²) in [6.45, 7) is 0. The number of fused-ring (bicyclic) bond motifs is 1. The summed E-state index contributed by atoms with van der Waals surface area (Å²) in [6, 6.07) is 8.40. The first-order valence-corrected chi connectivity index (χ1v) is 7.29. The summed E-state index contributed by atoms with van der Waals surface area (Å²) in [7, 11) is 0. The third-order valence-electron chi connectivity index (χ3n) is 3.78. The van der Waals surface area contributed by atoms with E-state index in [1.807, 2.05) is 18.2 Å². The average molecular weight is 262 g/mol. The van der Waals surface area contributed by atoms with Gasteiger partial charge < -0.3 is 10.8 Å². The molecule has 0 spiro atoms. The molecule has 2 aromatic rings. The van der Waals surface area contributed by atoms with E-state index >= 15 is 0 Å². The third kappa shape index (κ3) is 2.41. The Morgan fingerprint density at radius 1 is 1.33 bits per heavy atom. The van der Waals surface area contributed by atoms with Crippen LogP contribution in [0.3, 0.4) is 0 Å². The Kier molecular flexibility index (Phi) is 3.09. The van der Waals surface area contributed by atoms with Gasteiger partial charge in [-0.25, -0.2) is 4.98 Å². The molecule has 0 aliphatic heterocycles. The molecule has 96 valence electrons. The molecule has 1 aliphatic carbocycles. The lowest BCUT2D eigenvalue weighted by Gasteiger charge is -2.34. The van der Waals surface area contributed by atoms with Crippen molar-refractivity contribution >= 4 is 21.6 Å². The van der Waals surface area contributed by atoms with Crippen LogP contribution in [0.25, 0.3) is 10.2 Å². The Bertz CT molecular complexity index is 510. The van der Waals surface area contributed by atoms with E-state index in [2.05, 4.69) is 11.1 Å². The highest BCUT2D eigenvalue weighted by atomic mass is 32.1. The Morgan fingerprint density at radius 2 is 2.06 bits per heavy atom. The molecule has 0 atom stereocenters. The molecule has 1 aromatic carbocycles. The molecule has 0 unspecified atom stereocenters. The molecule has 0 saturated heterocycles. The molecule has 3 N–H and O–H groups in total. The van der Waals surface area contributed by atoms with Crippen molar-refractivity contribution in [2.45, 2.75) is 43.7 Å². The van der Waals surface area contributed by atoms with Crippen LogP contribution in [-0.2, 0) is 6.42 Å². The molecule has 1 aliphatic rings. The van der Waals surface area contributed by atoms with Crippen LogP contribution in [0.1, 0.15) is 30.7 Å². The Balaban J connectivity index is 1.79. The maximum Gasteiger partial charge on any atom is 0.0967 e. The van der Waals surface area contributed by atoms with Gasteiger partial charge in [-0.1, -0.05) is 12.1 Å². The first-order chi connectivity index (χ1) is 8.65. The second-order valence-electron chi connectivity index (χ2n) is 5.31. The van der Waals surface area contributed by atoms with Crippen LogP contribution in [0.5, 0.6) is 0 Å². The third-order valence-corrected chi connectivity index (χ3v) is 4.82. The van der Waals surface area contributed by atoms with E-state index in [1.54, 1.807) is 11.3 Å². The van der Waals surface area contributed by atoms with Gasteiger partial charge >= 0.3 is 0 Å². The Hall–Kier alpha value is -0.970. The quantitative estimate of drug-likeness (QED) is 0.874. The maximum atomic E-state index is 10.6. The summed E-state index contributed by atoms with van der Waals surface area (Å²) in [4.78, 5) is 4.60. The fourth-order valence-corrected chi connectivity index (χ4v) is 3.73. The van der Waals surface area contributed by atoms with E-state index in [1.165, 1.54) is 4.70 Å². The molecule has 3 rings (SSSR count). The van der Waals surface area contributed by atoms with Crippen LogP contribution in [0.2, 0.25) is 0 Å². The summed E-state index contributed by atoms with van der Waals surface area (Å²) in [6.07, 6.45) is 4.09. The van der Waals surface area contributed by atoms with Crippen molar-refractivity contribution in [2.75, 3.05) is 0 Å². The molecular weight excluding hydrogens is 244 g/mol. The van der Waals surface area contributed by atoms with Gasteiger partial charge in [0.15, 0.2) is 0 Å². The topological polar surface area (TPSA) is 59.1 Å². The molecule has 3 nitrogen and oxygen atoms in total. The lowest BCUT2D eigenvalue weighted by Crippen LogP contribution is -2.40. The van der Waals surface area contributed by atoms with Crippen LogP contribution in [-0.4, -0.2) is 21.7 Å². The molecule has 1 fully saturated rings. The SMILES string of the molecule is NC1CCC(O)(Cc2nc3ccccc3s2)CC1. The highest BCUT2D eigenvalue weighted by molar-refractivity contribution is 7.18. The monoisotopic (exact) mass is 262 g/mol. The number of hydrogen-bond donors (Lipinski definition) is 2. The molecule has 18 heavy (non-hydrogen) atoms. The highest BCUT2D eigenvalue weighted by Gasteiger charge is 2.33. The second kappa shape index (κ2) is 4.61. The molecule has 0 amide bonds. The second-order valence-corrected chi connectivity index (χ2v) is 6.43. The minimum atomic E-state index is -0.594. The van der Waals surface area contributed by atoms with E-state index in [4.69, 9.17) is 5.73 Å². The number of aromatic nitrogens is 1. The Morgan fingerprint density at radius 3 is 2.78 bits per heavy atom. The highest BCUT2D eigenvalue weighted by Crippen LogP contribution is 2.33. The van der Waals surface area contributed by atoms with Crippen LogP contribution >= 0.6 is 11.3 Å². The fourth-order valence-electron chi connectivity index (χ4n) is 2.63. The molecule has 4 heteroatoms. The maximum absolute atomic E-state index is 10.6. The number of hydrogen-bond acceptors (Lipinski definition) is 4. The first-order valence-electron chi connectivity index (χ1n) is 6.47. The van der Waals surface area contributed by atoms with Gasteiger partial charge in [0.2, 0.25) is 0 Å².